The van der Waals surface area contributed by atoms with Gasteiger partial charge in [0.05, 0.1) is 0 Å². The number of alkyl halides is 3. The standard InChI is InChI=1S/C10H16F3NO/c1-2-5-8-6-3-4-7-14(8)9(15)10(11,12)13/h8H,2-7H2,1H3/t8-/m1/s1. The van der Waals surface area contributed by atoms with Crippen molar-refractivity contribution in [2.45, 2.75) is 51.2 Å². The van der Waals surface area contributed by atoms with E-state index in [1.54, 1.807) is 0 Å². The lowest BCUT2D eigenvalue weighted by Gasteiger charge is -2.36. The van der Waals surface area contributed by atoms with Crippen molar-refractivity contribution >= 4 is 5.91 Å². The fourth-order valence-electron chi connectivity index (χ4n) is 2.06. The summed E-state index contributed by atoms with van der Waals surface area (Å²) in [5.41, 5.74) is 0. The normalized spacial score (nSPS) is 22.9. The van der Waals surface area contributed by atoms with Crippen molar-refractivity contribution < 1.29 is 18.0 Å². The first-order chi connectivity index (χ1) is 6.96. The van der Waals surface area contributed by atoms with E-state index in [0.29, 0.717) is 19.3 Å². The molecule has 5 heteroatoms. The van der Waals surface area contributed by atoms with Crippen molar-refractivity contribution in [3.8, 4) is 0 Å². The van der Waals surface area contributed by atoms with Gasteiger partial charge in [0.25, 0.3) is 0 Å². The summed E-state index contributed by atoms with van der Waals surface area (Å²) in [4.78, 5) is 12.1. The Balaban J connectivity index is 2.67. The molecule has 1 saturated heterocycles. The SMILES string of the molecule is CCC[C@@H]1CCCCN1C(=O)C(F)(F)F. The molecule has 0 saturated carbocycles. The van der Waals surface area contributed by atoms with Crippen molar-refractivity contribution in [3.05, 3.63) is 0 Å². The summed E-state index contributed by atoms with van der Waals surface area (Å²) >= 11 is 0. The zero-order valence-corrected chi connectivity index (χ0v) is 8.81. The van der Waals surface area contributed by atoms with Crippen LogP contribution in [0.3, 0.4) is 0 Å². The van der Waals surface area contributed by atoms with Gasteiger partial charge in [-0.05, 0) is 25.7 Å². The molecule has 0 spiro atoms. The Hall–Kier alpha value is -0.740. The third kappa shape index (κ3) is 3.11. The van der Waals surface area contributed by atoms with Crippen molar-refractivity contribution in [2.24, 2.45) is 0 Å². The molecule has 0 radical (unpaired) electrons. The smallest absolute Gasteiger partial charge is 0.332 e. The zero-order chi connectivity index (χ0) is 11.5. The monoisotopic (exact) mass is 223 g/mol. The Morgan fingerprint density at radius 1 is 1.40 bits per heavy atom. The number of piperidine rings is 1. The van der Waals surface area contributed by atoms with Gasteiger partial charge >= 0.3 is 12.1 Å². The molecule has 15 heavy (non-hydrogen) atoms. The maximum Gasteiger partial charge on any atom is 0.471 e. The fraction of sp³-hybridized carbons (Fsp3) is 0.900. The second-order valence-corrected chi connectivity index (χ2v) is 3.93. The summed E-state index contributed by atoms with van der Waals surface area (Å²) in [7, 11) is 0. The molecule has 0 unspecified atom stereocenters. The highest BCUT2D eigenvalue weighted by Crippen LogP contribution is 2.26. The lowest BCUT2D eigenvalue weighted by molar-refractivity contribution is -0.189. The molecule has 1 atom stereocenters. The van der Waals surface area contributed by atoms with Crippen LogP contribution in [0.2, 0.25) is 0 Å². The lowest BCUT2D eigenvalue weighted by atomic mass is 9.98. The Labute approximate surface area is 87.4 Å². The van der Waals surface area contributed by atoms with Crippen LogP contribution in [0.25, 0.3) is 0 Å². The average Bonchev–Trinajstić information content (AvgIpc) is 2.17. The molecule has 1 rings (SSSR count). The number of amides is 1. The van der Waals surface area contributed by atoms with E-state index in [1.165, 1.54) is 0 Å². The summed E-state index contributed by atoms with van der Waals surface area (Å²) < 4.78 is 36.8. The minimum absolute atomic E-state index is 0.210. The summed E-state index contributed by atoms with van der Waals surface area (Å²) in [6.45, 7) is 2.17. The van der Waals surface area contributed by atoms with Crippen LogP contribution in [0.1, 0.15) is 39.0 Å². The van der Waals surface area contributed by atoms with Gasteiger partial charge in [0.2, 0.25) is 0 Å². The van der Waals surface area contributed by atoms with E-state index < -0.39 is 12.1 Å². The van der Waals surface area contributed by atoms with E-state index in [4.69, 9.17) is 0 Å². The van der Waals surface area contributed by atoms with Gasteiger partial charge in [-0.25, -0.2) is 0 Å². The van der Waals surface area contributed by atoms with Crippen molar-refractivity contribution in [1.29, 1.82) is 0 Å². The third-order valence-electron chi connectivity index (χ3n) is 2.75. The van der Waals surface area contributed by atoms with Gasteiger partial charge in [-0.3, -0.25) is 4.79 Å². The minimum Gasteiger partial charge on any atom is -0.332 e. The molecule has 1 aliphatic heterocycles. The third-order valence-corrected chi connectivity index (χ3v) is 2.75. The first-order valence-electron chi connectivity index (χ1n) is 5.34. The van der Waals surface area contributed by atoms with Crippen LogP contribution in [-0.4, -0.2) is 29.6 Å². The van der Waals surface area contributed by atoms with E-state index in [1.807, 2.05) is 6.92 Å². The van der Waals surface area contributed by atoms with Crippen LogP contribution in [0, 0.1) is 0 Å². The average molecular weight is 223 g/mol. The van der Waals surface area contributed by atoms with Crippen molar-refractivity contribution in [2.75, 3.05) is 6.54 Å². The molecule has 1 aliphatic rings. The molecule has 1 fully saturated rings. The molecule has 1 amide bonds. The molecule has 0 aromatic heterocycles. The number of hydrogen-bond donors (Lipinski definition) is 0. The van der Waals surface area contributed by atoms with E-state index in [2.05, 4.69) is 0 Å². The summed E-state index contributed by atoms with van der Waals surface area (Å²) in [5.74, 6) is -1.67. The molecule has 2 nitrogen and oxygen atoms in total. The largest absolute Gasteiger partial charge is 0.471 e. The van der Waals surface area contributed by atoms with E-state index >= 15 is 0 Å². The molecule has 0 aliphatic carbocycles. The maximum atomic E-state index is 12.3. The van der Waals surface area contributed by atoms with Gasteiger partial charge in [0.15, 0.2) is 0 Å². The Kier molecular flexibility index (Phi) is 3.99. The fourth-order valence-corrected chi connectivity index (χ4v) is 2.06. The molecule has 0 aromatic rings. The van der Waals surface area contributed by atoms with Gasteiger partial charge in [-0.1, -0.05) is 13.3 Å². The Morgan fingerprint density at radius 2 is 2.07 bits per heavy atom. The minimum atomic E-state index is -4.72. The molecular weight excluding hydrogens is 207 g/mol. The number of hydrogen-bond acceptors (Lipinski definition) is 1. The Bertz CT molecular complexity index is 225. The molecule has 88 valence electrons. The van der Waals surface area contributed by atoms with Gasteiger partial charge in [0, 0.05) is 12.6 Å². The molecule has 0 aromatic carbocycles. The summed E-state index contributed by atoms with van der Waals surface area (Å²) in [6, 6.07) is -0.210. The highest BCUT2D eigenvalue weighted by atomic mass is 19.4. The number of halogens is 3. The topological polar surface area (TPSA) is 20.3 Å². The highest BCUT2D eigenvalue weighted by molar-refractivity contribution is 5.82. The van der Waals surface area contributed by atoms with Gasteiger partial charge in [0.1, 0.15) is 0 Å². The molecule has 1 heterocycles. The van der Waals surface area contributed by atoms with Gasteiger partial charge in [-0.15, -0.1) is 0 Å². The maximum absolute atomic E-state index is 12.3. The van der Waals surface area contributed by atoms with Crippen LogP contribution in [0.5, 0.6) is 0 Å². The molecule has 0 bridgehead atoms. The second kappa shape index (κ2) is 4.86. The quantitative estimate of drug-likeness (QED) is 0.704. The van der Waals surface area contributed by atoms with Crippen LogP contribution < -0.4 is 0 Å². The second-order valence-electron chi connectivity index (χ2n) is 3.93. The Morgan fingerprint density at radius 3 is 2.60 bits per heavy atom. The van der Waals surface area contributed by atoms with Crippen LogP contribution >= 0.6 is 0 Å². The summed E-state index contributed by atoms with van der Waals surface area (Å²) in [6.07, 6.45) is -0.929. The number of carbonyl (C=O) groups is 1. The van der Waals surface area contributed by atoms with Crippen LogP contribution in [0.15, 0.2) is 0 Å². The van der Waals surface area contributed by atoms with Gasteiger partial charge < -0.3 is 4.90 Å². The van der Waals surface area contributed by atoms with Crippen LogP contribution in [0.4, 0.5) is 13.2 Å². The molecule has 0 N–H and O–H groups in total. The van der Waals surface area contributed by atoms with Crippen LogP contribution in [-0.2, 0) is 4.79 Å². The van der Waals surface area contributed by atoms with Crippen molar-refractivity contribution in [3.63, 3.8) is 0 Å². The number of carbonyl (C=O) groups excluding carboxylic acids is 1. The van der Waals surface area contributed by atoms with Crippen molar-refractivity contribution in [1.82, 2.24) is 4.90 Å². The predicted molar refractivity (Wildman–Crippen MR) is 50.3 cm³/mol. The number of nitrogens with zero attached hydrogens (tertiary/aromatic N) is 1. The highest BCUT2D eigenvalue weighted by Gasteiger charge is 2.44. The summed E-state index contributed by atoms with van der Waals surface area (Å²) in [5, 5.41) is 0. The first-order valence-corrected chi connectivity index (χ1v) is 5.34. The lowest BCUT2D eigenvalue weighted by Crippen LogP contribution is -2.49. The molecular formula is C10H16F3NO. The van der Waals surface area contributed by atoms with E-state index in [0.717, 1.165) is 17.7 Å². The van der Waals surface area contributed by atoms with E-state index in [-0.39, 0.29) is 12.6 Å². The zero-order valence-electron chi connectivity index (χ0n) is 8.81. The van der Waals surface area contributed by atoms with Gasteiger partial charge in [-0.2, -0.15) is 13.2 Å². The predicted octanol–water partition coefficient (Wildman–Crippen LogP) is 2.73. The number of likely N-dealkylation sites (tertiary alicyclic amines) is 1. The number of rotatable bonds is 2. The first kappa shape index (κ1) is 12.3. The van der Waals surface area contributed by atoms with E-state index in [9.17, 15) is 18.0 Å².